The van der Waals surface area contributed by atoms with Gasteiger partial charge >= 0.3 is 6.18 Å². The molecule has 2 aromatic carbocycles. The van der Waals surface area contributed by atoms with Crippen molar-refractivity contribution in [1.29, 1.82) is 0 Å². The Balaban J connectivity index is 1.31. The number of benzene rings is 2. The van der Waals surface area contributed by atoms with Crippen molar-refractivity contribution in [3.63, 3.8) is 0 Å². The van der Waals surface area contributed by atoms with Crippen LogP contribution in [0.25, 0.3) is 0 Å². The summed E-state index contributed by atoms with van der Waals surface area (Å²) in [6.07, 6.45) is 0.874. The van der Waals surface area contributed by atoms with Gasteiger partial charge < -0.3 is 10.2 Å². The zero-order chi connectivity index (χ0) is 25.0. The Morgan fingerprint density at radius 2 is 1.89 bits per heavy atom. The van der Waals surface area contributed by atoms with E-state index in [-0.39, 0.29) is 24.4 Å². The smallest absolute Gasteiger partial charge is 0.338 e. The molecule has 0 unspecified atom stereocenters. The lowest BCUT2D eigenvalue weighted by atomic mass is 9.73. The highest BCUT2D eigenvalue weighted by Crippen LogP contribution is 2.47. The fourth-order valence-electron chi connectivity index (χ4n) is 6.45. The quantitative estimate of drug-likeness (QED) is 0.454. The van der Waals surface area contributed by atoms with Crippen LogP contribution in [0.3, 0.4) is 0 Å². The highest BCUT2D eigenvalue weighted by molar-refractivity contribution is 9.10. The standard InChI is InChI=1S/C28H32BrF3N2O/c1-17(2)27(11-9-23(15-27)33-25-8-4-19-14-22(29)6-7-24(19)25)26(35)34-12-10-18-3-5-21(28(30,31)32)13-20(18)16-34/h3,5-7,13-14,17,23,25,33H,4,8-12,15-16H2,1-2H3/t23-,25-,27+/m1/s1. The van der Waals surface area contributed by atoms with Crippen LogP contribution in [0.5, 0.6) is 0 Å². The molecule has 2 aromatic rings. The van der Waals surface area contributed by atoms with Gasteiger partial charge in [0.2, 0.25) is 5.91 Å². The van der Waals surface area contributed by atoms with Gasteiger partial charge in [-0.3, -0.25) is 4.79 Å². The van der Waals surface area contributed by atoms with E-state index < -0.39 is 17.2 Å². The van der Waals surface area contributed by atoms with Crippen LogP contribution >= 0.6 is 15.9 Å². The second-order valence-corrected chi connectivity index (χ2v) is 11.7. The second kappa shape index (κ2) is 9.22. The Kier molecular flexibility index (Phi) is 6.54. The Morgan fingerprint density at radius 3 is 2.63 bits per heavy atom. The van der Waals surface area contributed by atoms with E-state index in [4.69, 9.17) is 0 Å². The van der Waals surface area contributed by atoms with Gasteiger partial charge in [-0.15, -0.1) is 0 Å². The van der Waals surface area contributed by atoms with E-state index in [1.54, 1.807) is 6.07 Å². The normalized spacial score (nSPS) is 26.2. The van der Waals surface area contributed by atoms with Crippen LogP contribution in [-0.2, 0) is 30.4 Å². The minimum atomic E-state index is -4.38. The fourth-order valence-corrected chi connectivity index (χ4v) is 6.86. The van der Waals surface area contributed by atoms with Crippen LogP contribution in [0.2, 0.25) is 0 Å². The molecule has 0 aromatic heterocycles. The largest absolute Gasteiger partial charge is 0.416 e. The Morgan fingerprint density at radius 1 is 1.09 bits per heavy atom. The minimum Gasteiger partial charge on any atom is -0.338 e. The highest BCUT2D eigenvalue weighted by atomic mass is 79.9. The summed E-state index contributed by atoms with van der Waals surface area (Å²) >= 11 is 3.56. The molecule has 3 nitrogen and oxygen atoms in total. The molecule has 0 radical (unpaired) electrons. The van der Waals surface area contributed by atoms with Crippen molar-refractivity contribution in [3.8, 4) is 0 Å². The van der Waals surface area contributed by atoms with Gasteiger partial charge in [0.15, 0.2) is 0 Å². The van der Waals surface area contributed by atoms with Gasteiger partial charge in [0.05, 0.1) is 11.0 Å². The fraction of sp³-hybridized carbons (Fsp3) is 0.536. The molecular formula is C28H32BrF3N2O. The lowest BCUT2D eigenvalue weighted by molar-refractivity contribution is -0.145. The molecule has 1 fully saturated rings. The molecule has 0 spiro atoms. The Hall–Kier alpha value is -1.86. The number of nitrogens with zero attached hydrogens (tertiary/aromatic N) is 1. The summed E-state index contributed by atoms with van der Waals surface area (Å²) in [6, 6.07) is 11.0. The van der Waals surface area contributed by atoms with Crippen LogP contribution in [0.15, 0.2) is 40.9 Å². The average Bonchev–Trinajstić information content (AvgIpc) is 3.42. The van der Waals surface area contributed by atoms with Gasteiger partial charge in [0, 0.05) is 29.6 Å². The van der Waals surface area contributed by atoms with Crippen molar-refractivity contribution in [3.05, 3.63) is 68.7 Å². The van der Waals surface area contributed by atoms with Gasteiger partial charge in [-0.1, -0.05) is 41.9 Å². The van der Waals surface area contributed by atoms with E-state index in [0.29, 0.717) is 24.6 Å². The molecule has 1 heterocycles. The number of aryl methyl sites for hydroxylation is 1. The van der Waals surface area contributed by atoms with Gasteiger partial charge in [-0.25, -0.2) is 0 Å². The van der Waals surface area contributed by atoms with Gasteiger partial charge in [-0.2, -0.15) is 13.2 Å². The first-order chi connectivity index (χ1) is 16.6. The highest BCUT2D eigenvalue weighted by Gasteiger charge is 2.50. The number of alkyl halides is 3. The van der Waals surface area contributed by atoms with Crippen molar-refractivity contribution in [2.24, 2.45) is 11.3 Å². The lowest BCUT2D eigenvalue weighted by Gasteiger charge is -2.40. The summed E-state index contributed by atoms with van der Waals surface area (Å²) < 4.78 is 40.9. The molecule has 0 saturated heterocycles. The maximum absolute atomic E-state index is 13.9. The van der Waals surface area contributed by atoms with Crippen molar-refractivity contribution < 1.29 is 18.0 Å². The molecule has 3 aliphatic rings. The summed E-state index contributed by atoms with van der Waals surface area (Å²) in [7, 11) is 0. The van der Waals surface area contributed by atoms with Crippen LogP contribution < -0.4 is 5.32 Å². The van der Waals surface area contributed by atoms with E-state index >= 15 is 0 Å². The first-order valence-corrected chi connectivity index (χ1v) is 13.4. The molecule has 1 saturated carbocycles. The van der Waals surface area contributed by atoms with E-state index in [2.05, 4.69) is 53.3 Å². The van der Waals surface area contributed by atoms with Crippen molar-refractivity contribution in [2.45, 2.75) is 77.2 Å². The van der Waals surface area contributed by atoms with Crippen LogP contribution in [-0.4, -0.2) is 23.4 Å². The Bertz CT molecular complexity index is 1130. The Labute approximate surface area is 213 Å². The summed E-state index contributed by atoms with van der Waals surface area (Å²) in [5, 5.41) is 3.85. The number of carbonyl (C=O) groups is 1. The zero-order valence-corrected chi connectivity index (χ0v) is 21.8. The average molecular weight is 549 g/mol. The third-order valence-electron chi connectivity index (χ3n) is 8.53. The number of halogens is 4. The maximum atomic E-state index is 13.9. The maximum Gasteiger partial charge on any atom is 0.416 e. The number of rotatable bonds is 4. The third-order valence-corrected chi connectivity index (χ3v) is 9.03. The molecule has 2 aliphatic carbocycles. The number of hydrogen-bond donors (Lipinski definition) is 1. The van der Waals surface area contributed by atoms with E-state index in [9.17, 15) is 18.0 Å². The number of nitrogens with one attached hydrogen (secondary N) is 1. The van der Waals surface area contributed by atoms with Crippen LogP contribution in [0, 0.1) is 11.3 Å². The summed E-state index contributed by atoms with van der Waals surface area (Å²) in [4.78, 5) is 15.8. The van der Waals surface area contributed by atoms with Crippen molar-refractivity contribution in [2.75, 3.05) is 6.54 Å². The van der Waals surface area contributed by atoms with Crippen LogP contribution in [0.1, 0.15) is 73.4 Å². The molecular weight excluding hydrogens is 517 g/mol. The molecule has 0 bridgehead atoms. The van der Waals surface area contributed by atoms with Crippen LogP contribution in [0.4, 0.5) is 13.2 Å². The third kappa shape index (κ3) is 4.66. The van der Waals surface area contributed by atoms with Crippen molar-refractivity contribution in [1.82, 2.24) is 10.2 Å². The molecule has 7 heteroatoms. The predicted octanol–water partition coefficient (Wildman–Crippen LogP) is 6.82. The zero-order valence-electron chi connectivity index (χ0n) is 20.2. The molecule has 3 atom stereocenters. The SMILES string of the molecule is CC(C)[C@]1(C(=O)N2CCc3ccc(C(F)(F)F)cc3C2)CC[C@@H](N[C@@H]2CCc3cc(Br)ccc32)C1. The molecule has 1 N–H and O–H groups in total. The summed E-state index contributed by atoms with van der Waals surface area (Å²) in [5.74, 6) is 0.271. The first-order valence-electron chi connectivity index (χ1n) is 12.6. The number of fused-ring (bicyclic) bond motifs is 2. The van der Waals surface area contributed by atoms with E-state index in [1.807, 2.05) is 4.90 Å². The topological polar surface area (TPSA) is 32.3 Å². The monoisotopic (exact) mass is 548 g/mol. The van der Waals surface area contributed by atoms with E-state index in [0.717, 1.165) is 48.2 Å². The number of carbonyl (C=O) groups excluding carboxylic acids is 1. The molecule has 1 aliphatic heterocycles. The van der Waals surface area contributed by atoms with Gasteiger partial charge in [-0.05, 0) is 91.0 Å². The minimum absolute atomic E-state index is 0.107. The molecule has 35 heavy (non-hydrogen) atoms. The second-order valence-electron chi connectivity index (χ2n) is 10.8. The summed E-state index contributed by atoms with van der Waals surface area (Å²) in [6.45, 7) is 5.05. The molecule has 188 valence electrons. The number of amides is 1. The predicted molar refractivity (Wildman–Crippen MR) is 134 cm³/mol. The van der Waals surface area contributed by atoms with Gasteiger partial charge in [0.25, 0.3) is 0 Å². The number of hydrogen-bond acceptors (Lipinski definition) is 2. The lowest BCUT2D eigenvalue weighted by Crippen LogP contribution is -2.48. The molecule has 1 amide bonds. The van der Waals surface area contributed by atoms with E-state index in [1.165, 1.54) is 17.2 Å². The van der Waals surface area contributed by atoms with Crippen molar-refractivity contribution >= 4 is 21.8 Å². The van der Waals surface area contributed by atoms with Gasteiger partial charge in [0.1, 0.15) is 0 Å². The first kappa shape index (κ1) is 24.8. The molecule has 5 rings (SSSR count). The summed E-state index contributed by atoms with van der Waals surface area (Å²) in [5.41, 5.74) is 3.16.